The standard InChI is InChI=1S/C36H25NS/c1-2-13-28(14-3-1)37(34-18-10-12-27-11-4-5-15-30(27)34)29-23-21-26(22-24-29)25-33-31-16-6-8-19-35(31)38-36-20-9-7-17-32(33)36/h1-25H. The SMILES string of the molecule is C(=C1c2ccccc2Sc2ccccc21)c1ccc(N(c2ccccc2)c2cccc3ccccc23)cc1. The second-order valence-corrected chi connectivity index (χ2v) is 10.5. The van der Waals surface area contributed by atoms with E-state index in [0.29, 0.717) is 0 Å². The largest absolute Gasteiger partial charge is 0.310 e. The van der Waals surface area contributed by atoms with Crippen LogP contribution in [0.4, 0.5) is 17.1 Å². The van der Waals surface area contributed by atoms with Gasteiger partial charge in [-0.3, -0.25) is 0 Å². The summed E-state index contributed by atoms with van der Waals surface area (Å²) in [4.78, 5) is 4.96. The molecule has 7 rings (SSSR count). The fourth-order valence-electron chi connectivity index (χ4n) is 5.27. The predicted octanol–water partition coefficient (Wildman–Crippen LogP) is 10.4. The second kappa shape index (κ2) is 9.74. The lowest BCUT2D eigenvalue weighted by molar-refractivity contribution is 1.29. The van der Waals surface area contributed by atoms with E-state index >= 15 is 0 Å². The molecule has 6 aromatic rings. The highest BCUT2D eigenvalue weighted by atomic mass is 32.2. The van der Waals surface area contributed by atoms with Crippen molar-refractivity contribution < 1.29 is 0 Å². The maximum absolute atomic E-state index is 2.35. The lowest BCUT2D eigenvalue weighted by Crippen LogP contribution is -2.10. The van der Waals surface area contributed by atoms with Crippen LogP contribution < -0.4 is 4.90 Å². The summed E-state index contributed by atoms with van der Waals surface area (Å²) < 4.78 is 0. The molecule has 1 heterocycles. The van der Waals surface area contributed by atoms with Gasteiger partial charge in [0.2, 0.25) is 0 Å². The summed E-state index contributed by atoms with van der Waals surface area (Å²) in [6.07, 6.45) is 2.33. The van der Waals surface area contributed by atoms with Gasteiger partial charge < -0.3 is 4.90 Å². The van der Waals surface area contributed by atoms with Crippen molar-refractivity contribution in [1.82, 2.24) is 0 Å². The summed E-state index contributed by atoms with van der Waals surface area (Å²) in [5.41, 5.74) is 8.50. The Morgan fingerprint density at radius 1 is 0.474 bits per heavy atom. The first-order chi connectivity index (χ1) is 18.8. The van der Waals surface area contributed by atoms with Crippen molar-refractivity contribution in [3.63, 3.8) is 0 Å². The topological polar surface area (TPSA) is 3.24 Å². The Labute approximate surface area is 227 Å². The molecule has 0 bridgehead atoms. The van der Waals surface area contributed by atoms with E-state index in [1.54, 1.807) is 0 Å². The fraction of sp³-hybridized carbons (Fsp3) is 0. The molecular formula is C36H25NS. The Kier molecular flexibility index (Phi) is 5.80. The zero-order valence-corrected chi connectivity index (χ0v) is 21.6. The molecule has 0 atom stereocenters. The predicted molar refractivity (Wildman–Crippen MR) is 163 cm³/mol. The molecule has 1 aliphatic rings. The summed E-state index contributed by atoms with van der Waals surface area (Å²) in [5, 5.41) is 2.47. The molecule has 6 aromatic carbocycles. The van der Waals surface area contributed by atoms with Gasteiger partial charge in [0.15, 0.2) is 0 Å². The second-order valence-electron chi connectivity index (χ2n) is 9.41. The van der Waals surface area contributed by atoms with Gasteiger partial charge in [-0.15, -0.1) is 0 Å². The monoisotopic (exact) mass is 503 g/mol. The fourth-order valence-corrected chi connectivity index (χ4v) is 6.38. The summed E-state index contributed by atoms with van der Waals surface area (Å²) in [6.45, 7) is 0. The molecule has 0 unspecified atom stereocenters. The van der Waals surface area contributed by atoms with Gasteiger partial charge in [-0.05, 0) is 76.2 Å². The Morgan fingerprint density at radius 3 is 1.79 bits per heavy atom. The maximum Gasteiger partial charge on any atom is 0.0540 e. The molecule has 2 heteroatoms. The number of fused-ring (bicyclic) bond motifs is 3. The van der Waals surface area contributed by atoms with Gasteiger partial charge in [0, 0.05) is 26.6 Å². The summed E-state index contributed by atoms with van der Waals surface area (Å²) in [7, 11) is 0. The van der Waals surface area contributed by atoms with Crippen LogP contribution >= 0.6 is 11.8 Å². The number of rotatable bonds is 4. The summed E-state index contributed by atoms with van der Waals surface area (Å²) >= 11 is 1.85. The third kappa shape index (κ3) is 4.09. The minimum atomic E-state index is 1.13. The lowest BCUT2D eigenvalue weighted by atomic mass is 9.95. The average molecular weight is 504 g/mol. The van der Waals surface area contributed by atoms with E-state index in [9.17, 15) is 0 Å². The van der Waals surface area contributed by atoms with Crippen LogP contribution in [0.3, 0.4) is 0 Å². The average Bonchev–Trinajstić information content (AvgIpc) is 2.99. The van der Waals surface area contributed by atoms with Gasteiger partial charge in [0.05, 0.1) is 5.69 Å². The molecule has 0 N–H and O–H groups in total. The van der Waals surface area contributed by atoms with E-state index in [1.807, 2.05) is 11.8 Å². The number of anilines is 3. The minimum Gasteiger partial charge on any atom is -0.310 e. The molecule has 0 aliphatic carbocycles. The highest BCUT2D eigenvalue weighted by molar-refractivity contribution is 7.99. The third-order valence-corrected chi connectivity index (χ3v) is 8.21. The number of hydrogen-bond acceptors (Lipinski definition) is 2. The Balaban J connectivity index is 1.34. The van der Waals surface area contributed by atoms with Crippen molar-refractivity contribution in [2.45, 2.75) is 9.79 Å². The van der Waals surface area contributed by atoms with E-state index in [0.717, 1.165) is 11.4 Å². The Morgan fingerprint density at radius 2 is 1.05 bits per heavy atom. The molecule has 0 radical (unpaired) electrons. The van der Waals surface area contributed by atoms with E-state index in [-0.39, 0.29) is 0 Å². The highest BCUT2D eigenvalue weighted by Gasteiger charge is 2.20. The molecule has 0 aromatic heterocycles. The van der Waals surface area contributed by atoms with Crippen molar-refractivity contribution in [3.05, 3.63) is 162 Å². The molecule has 0 spiro atoms. The molecule has 0 saturated heterocycles. The lowest BCUT2D eigenvalue weighted by Gasteiger charge is -2.27. The van der Waals surface area contributed by atoms with Crippen molar-refractivity contribution in [3.8, 4) is 0 Å². The summed E-state index contributed by atoms with van der Waals surface area (Å²) in [5.74, 6) is 0. The van der Waals surface area contributed by atoms with Crippen LogP contribution in [0.25, 0.3) is 22.4 Å². The zero-order valence-electron chi connectivity index (χ0n) is 20.8. The van der Waals surface area contributed by atoms with Crippen molar-refractivity contribution in [2.75, 3.05) is 4.90 Å². The van der Waals surface area contributed by atoms with E-state index in [1.165, 1.54) is 48.5 Å². The van der Waals surface area contributed by atoms with Crippen LogP contribution in [0.2, 0.25) is 0 Å². The normalized spacial score (nSPS) is 12.1. The smallest absolute Gasteiger partial charge is 0.0540 e. The number of para-hydroxylation sites is 1. The van der Waals surface area contributed by atoms with Gasteiger partial charge >= 0.3 is 0 Å². The molecule has 0 amide bonds. The van der Waals surface area contributed by atoms with Crippen molar-refractivity contribution in [1.29, 1.82) is 0 Å². The van der Waals surface area contributed by atoms with Crippen LogP contribution in [-0.2, 0) is 0 Å². The molecule has 180 valence electrons. The molecular weight excluding hydrogens is 478 g/mol. The Bertz CT molecular complexity index is 1730. The third-order valence-electron chi connectivity index (χ3n) is 7.06. The minimum absolute atomic E-state index is 1.13. The van der Waals surface area contributed by atoms with Crippen LogP contribution in [0.1, 0.15) is 16.7 Å². The number of hydrogen-bond donors (Lipinski definition) is 0. The zero-order chi connectivity index (χ0) is 25.3. The van der Waals surface area contributed by atoms with E-state index < -0.39 is 0 Å². The quantitative estimate of drug-likeness (QED) is 0.235. The van der Waals surface area contributed by atoms with Gasteiger partial charge in [-0.2, -0.15) is 0 Å². The van der Waals surface area contributed by atoms with Crippen molar-refractivity contribution in [2.24, 2.45) is 0 Å². The number of benzene rings is 6. The summed E-state index contributed by atoms with van der Waals surface area (Å²) in [6, 6.07) is 52.1. The van der Waals surface area contributed by atoms with Gasteiger partial charge in [0.25, 0.3) is 0 Å². The van der Waals surface area contributed by atoms with Gasteiger partial charge in [-0.25, -0.2) is 0 Å². The molecule has 0 saturated carbocycles. The maximum atomic E-state index is 2.35. The molecule has 1 nitrogen and oxygen atoms in total. The van der Waals surface area contributed by atoms with Gasteiger partial charge in [-0.1, -0.05) is 115 Å². The first-order valence-corrected chi connectivity index (χ1v) is 13.7. The van der Waals surface area contributed by atoms with Crippen LogP contribution in [0, 0.1) is 0 Å². The van der Waals surface area contributed by atoms with Crippen LogP contribution in [0.15, 0.2) is 155 Å². The molecule has 1 aliphatic heterocycles. The van der Waals surface area contributed by atoms with Gasteiger partial charge in [0.1, 0.15) is 0 Å². The molecule has 38 heavy (non-hydrogen) atoms. The van der Waals surface area contributed by atoms with Crippen LogP contribution in [-0.4, -0.2) is 0 Å². The van der Waals surface area contributed by atoms with Crippen LogP contribution in [0.5, 0.6) is 0 Å². The number of nitrogens with zero attached hydrogens (tertiary/aromatic N) is 1. The van der Waals surface area contributed by atoms with Crippen molar-refractivity contribution >= 4 is 51.2 Å². The van der Waals surface area contributed by atoms with E-state index in [4.69, 9.17) is 0 Å². The first-order valence-electron chi connectivity index (χ1n) is 12.9. The Hall–Kier alpha value is -4.53. The van der Waals surface area contributed by atoms with E-state index in [2.05, 4.69) is 157 Å². The molecule has 0 fully saturated rings. The first kappa shape index (κ1) is 22.7. The highest BCUT2D eigenvalue weighted by Crippen LogP contribution is 2.46.